The fourth-order valence-electron chi connectivity index (χ4n) is 1.98. The Morgan fingerprint density at radius 1 is 1.00 bits per heavy atom. The van der Waals surface area contributed by atoms with Gasteiger partial charge in [0.1, 0.15) is 0 Å². The number of halogens is 1. The molecule has 2 aromatic carbocycles. The summed E-state index contributed by atoms with van der Waals surface area (Å²) in [5.74, 6) is 0.513. The molecule has 0 saturated carbocycles. The summed E-state index contributed by atoms with van der Waals surface area (Å²) in [4.78, 5) is 12.4. The Morgan fingerprint density at radius 2 is 1.80 bits per heavy atom. The molecule has 0 aliphatic carbocycles. The second kappa shape index (κ2) is 5.43. The number of fused-ring (bicyclic) bond motifs is 1. The van der Waals surface area contributed by atoms with E-state index < -0.39 is 0 Å². The van der Waals surface area contributed by atoms with Crippen molar-refractivity contribution in [3.05, 3.63) is 47.7 Å². The molecule has 0 N–H and O–H groups in total. The number of aromatic nitrogens is 3. The van der Waals surface area contributed by atoms with Crippen LogP contribution in [0.3, 0.4) is 0 Å². The highest BCUT2D eigenvalue weighted by molar-refractivity contribution is 6.28. The third kappa shape index (κ3) is 2.56. The molecular formula is C15H12ClN3O. The lowest BCUT2D eigenvalue weighted by atomic mass is 10.1. The Labute approximate surface area is 121 Å². The van der Waals surface area contributed by atoms with Crippen molar-refractivity contribution in [1.29, 1.82) is 0 Å². The average molecular weight is 286 g/mol. The number of nitrogens with zero attached hydrogens (tertiary/aromatic N) is 3. The van der Waals surface area contributed by atoms with E-state index >= 15 is 0 Å². The van der Waals surface area contributed by atoms with Gasteiger partial charge in [-0.25, -0.2) is 0 Å². The molecule has 3 rings (SSSR count). The highest BCUT2D eigenvalue weighted by atomic mass is 35.5. The van der Waals surface area contributed by atoms with Gasteiger partial charge in [-0.1, -0.05) is 36.4 Å². The van der Waals surface area contributed by atoms with E-state index in [1.54, 1.807) is 0 Å². The van der Waals surface area contributed by atoms with Crippen LogP contribution >= 0.6 is 11.6 Å². The molecule has 100 valence electrons. The van der Waals surface area contributed by atoms with Crippen molar-refractivity contribution in [3.8, 4) is 17.4 Å². The smallest absolute Gasteiger partial charge is 0.321 e. The monoisotopic (exact) mass is 285 g/mol. The van der Waals surface area contributed by atoms with E-state index in [1.165, 1.54) is 5.39 Å². The van der Waals surface area contributed by atoms with E-state index in [-0.39, 0.29) is 11.3 Å². The van der Waals surface area contributed by atoms with Gasteiger partial charge in [0.2, 0.25) is 5.28 Å². The lowest BCUT2D eigenvalue weighted by Crippen LogP contribution is -2.01. The minimum absolute atomic E-state index is 0.131. The molecule has 4 nitrogen and oxygen atoms in total. The van der Waals surface area contributed by atoms with Crippen LogP contribution in [0.15, 0.2) is 42.5 Å². The number of hydrogen-bond acceptors (Lipinski definition) is 4. The second-order valence-corrected chi connectivity index (χ2v) is 4.54. The molecular weight excluding hydrogens is 274 g/mol. The molecule has 0 radical (unpaired) electrons. The molecule has 0 atom stereocenters. The van der Waals surface area contributed by atoms with E-state index in [0.29, 0.717) is 12.4 Å². The van der Waals surface area contributed by atoms with Crippen molar-refractivity contribution in [2.75, 3.05) is 6.61 Å². The first-order chi connectivity index (χ1) is 9.76. The molecule has 5 heteroatoms. The van der Waals surface area contributed by atoms with Crippen LogP contribution in [0.5, 0.6) is 6.01 Å². The van der Waals surface area contributed by atoms with E-state index in [0.717, 1.165) is 10.9 Å². The molecule has 0 unspecified atom stereocenters. The largest absolute Gasteiger partial charge is 0.464 e. The predicted octanol–water partition coefficient (Wildman–Crippen LogP) is 3.74. The summed E-state index contributed by atoms with van der Waals surface area (Å²) in [6.45, 7) is 2.35. The van der Waals surface area contributed by atoms with E-state index in [2.05, 4.69) is 21.0 Å². The summed E-state index contributed by atoms with van der Waals surface area (Å²) >= 11 is 5.91. The lowest BCUT2D eigenvalue weighted by Gasteiger charge is -2.05. The quantitative estimate of drug-likeness (QED) is 0.735. The molecule has 0 bridgehead atoms. The van der Waals surface area contributed by atoms with Gasteiger partial charge in [-0.05, 0) is 35.4 Å². The van der Waals surface area contributed by atoms with Gasteiger partial charge in [0.25, 0.3) is 0 Å². The number of rotatable bonds is 3. The zero-order valence-corrected chi connectivity index (χ0v) is 11.6. The maximum atomic E-state index is 5.91. The maximum Gasteiger partial charge on any atom is 0.321 e. The van der Waals surface area contributed by atoms with Crippen LogP contribution in [-0.4, -0.2) is 21.6 Å². The van der Waals surface area contributed by atoms with Crippen LogP contribution in [-0.2, 0) is 0 Å². The summed E-state index contributed by atoms with van der Waals surface area (Å²) in [5, 5.41) is 2.42. The highest BCUT2D eigenvalue weighted by Crippen LogP contribution is 2.23. The molecule has 1 aromatic heterocycles. The first kappa shape index (κ1) is 12.8. The molecule has 0 aliphatic rings. The second-order valence-electron chi connectivity index (χ2n) is 4.21. The van der Waals surface area contributed by atoms with Crippen molar-refractivity contribution in [2.45, 2.75) is 6.92 Å². The highest BCUT2D eigenvalue weighted by Gasteiger charge is 2.08. The van der Waals surface area contributed by atoms with Crippen LogP contribution in [0.25, 0.3) is 22.2 Å². The van der Waals surface area contributed by atoms with Crippen molar-refractivity contribution in [1.82, 2.24) is 15.0 Å². The fourth-order valence-corrected chi connectivity index (χ4v) is 2.14. The molecule has 1 heterocycles. The third-order valence-corrected chi connectivity index (χ3v) is 3.04. The van der Waals surface area contributed by atoms with Crippen LogP contribution < -0.4 is 4.74 Å². The maximum absolute atomic E-state index is 5.91. The Bertz CT molecular complexity index is 761. The van der Waals surface area contributed by atoms with E-state index in [1.807, 2.05) is 43.3 Å². The zero-order valence-electron chi connectivity index (χ0n) is 10.9. The van der Waals surface area contributed by atoms with Gasteiger partial charge < -0.3 is 4.74 Å². The number of benzene rings is 2. The van der Waals surface area contributed by atoms with Crippen molar-refractivity contribution < 1.29 is 4.74 Å². The Kier molecular flexibility index (Phi) is 3.48. The lowest BCUT2D eigenvalue weighted by molar-refractivity contribution is 0.312. The summed E-state index contributed by atoms with van der Waals surface area (Å²) < 4.78 is 5.29. The molecule has 0 saturated heterocycles. The topological polar surface area (TPSA) is 47.9 Å². The normalized spacial score (nSPS) is 10.7. The van der Waals surface area contributed by atoms with E-state index in [9.17, 15) is 0 Å². The average Bonchev–Trinajstić information content (AvgIpc) is 2.46. The van der Waals surface area contributed by atoms with Gasteiger partial charge in [-0.3, -0.25) is 0 Å². The first-order valence-electron chi connectivity index (χ1n) is 6.30. The number of hydrogen-bond donors (Lipinski definition) is 0. The standard InChI is InChI=1S/C15H12ClN3O/c1-2-20-15-18-13(17-14(16)19-15)12-8-7-10-5-3-4-6-11(10)9-12/h3-9H,2H2,1H3. The summed E-state index contributed by atoms with van der Waals surface area (Å²) in [6, 6.07) is 14.4. The molecule has 0 fully saturated rings. The first-order valence-corrected chi connectivity index (χ1v) is 6.67. The zero-order chi connectivity index (χ0) is 13.9. The molecule has 0 amide bonds. The fraction of sp³-hybridized carbons (Fsp3) is 0.133. The van der Waals surface area contributed by atoms with Crippen LogP contribution in [0.4, 0.5) is 0 Å². The molecule has 0 aliphatic heterocycles. The van der Waals surface area contributed by atoms with Gasteiger partial charge in [-0.15, -0.1) is 0 Å². The van der Waals surface area contributed by atoms with Gasteiger partial charge in [0.15, 0.2) is 5.82 Å². The Hall–Kier alpha value is -2.20. The van der Waals surface area contributed by atoms with Crippen LogP contribution in [0.1, 0.15) is 6.92 Å². The molecule has 0 spiro atoms. The summed E-state index contributed by atoms with van der Waals surface area (Å²) in [5.41, 5.74) is 0.883. The molecule has 3 aromatic rings. The molecule has 20 heavy (non-hydrogen) atoms. The predicted molar refractivity (Wildman–Crippen MR) is 78.9 cm³/mol. The summed E-state index contributed by atoms with van der Waals surface area (Å²) in [7, 11) is 0. The van der Waals surface area contributed by atoms with Crippen molar-refractivity contribution in [3.63, 3.8) is 0 Å². The van der Waals surface area contributed by atoms with Crippen molar-refractivity contribution >= 4 is 22.4 Å². The van der Waals surface area contributed by atoms with Crippen molar-refractivity contribution in [2.24, 2.45) is 0 Å². The number of ether oxygens (including phenoxy) is 1. The Balaban J connectivity index is 2.10. The SMILES string of the molecule is CCOc1nc(Cl)nc(-c2ccc3ccccc3c2)n1. The van der Waals surface area contributed by atoms with E-state index in [4.69, 9.17) is 16.3 Å². The van der Waals surface area contributed by atoms with Gasteiger partial charge >= 0.3 is 6.01 Å². The van der Waals surface area contributed by atoms with Crippen LogP contribution in [0, 0.1) is 0 Å². The minimum Gasteiger partial charge on any atom is -0.464 e. The van der Waals surface area contributed by atoms with Gasteiger partial charge in [-0.2, -0.15) is 15.0 Å². The van der Waals surface area contributed by atoms with Gasteiger partial charge in [0.05, 0.1) is 6.61 Å². The Morgan fingerprint density at radius 3 is 2.60 bits per heavy atom. The minimum atomic E-state index is 0.131. The van der Waals surface area contributed by atoms with Crippen LogP contribution in [0.2, 0.25) is 5.28 Å². The van der Waals surface area contributed by atoms with Gasteiger partial charge in [0, 0.05) is 5.56 Å². The third-order valence-electron chi connectivity index (χ3n) is 2.87. The summed E-state index contributed by atoms with van der Waals surface area (Å²) in [6.07, 6.45) is 0.